The lowest BCUT2D eigenvalue weighted by atomic mass is 10.0. The summed E-state index contributed by atoms with van der Waals surface area (Å²) in [6, 6.07) is 0. The molecule has 0 aliphatic carbocycles. The second-order valence-corrected chi connectivity index (χ2v) is 6.29. The van der Waals surface area contributed by atoms with Crippen LogP contribution in [0.25, 0.3) is 0 Å². The Kier molecular flexibility index (Phi) is 22.3. The maximum absolute atomic E-state index is 10.9. The normalized spacial score (nSPS) is 10.1. The van der Waals surface area contributed by atoms with Gasteiger partial charge in [0.15, 0.2) is 0 Å². The van der Waals surface area contributed by atoms with Gasteiger partial charge < -0.3 is 10.9 Å². The number of hydrogen-bond acceptors (Lipinski definition) is 4. The fourth-order valence-electron chi connectivity index (χ4n) is 2.75. The molecular weight excluding hydrogens is 290 g/mol. The van der Waals surface area contributed by atoms with Gasteiger partial charge in [0.2, 0.25) is 0 Å². The number of ether oxygens (including phenoxy) is 1. The Morgan fingerprint density at radius 3 is 1.39 bits per heavy atom. The van der Waals surface area contributed by atoms with Gasteiger partial charge in [-0.2, -0.15) is 0 Å². The van der Waals surface area contributed by atoms with Gasteiger partial charge in [-0.25, -0.2) is 0 Å². The fourth-order valence-corrected chi connectivity index (χ4v) is 2.75. The second-order valence-electron chi connectivity index (χ2n) is 6.29. The summed E-state index contributed by atoms with van der Waals surface area (Å²) < 4.78 is 4.24. The van der Waals surface area contributed by atoms with Crippen molar-refractivity contribution >= 4 is 12.4 Å². The van der Waals surface area contributed by atoms with Crippen LogP contribution in [0.4, 0.5) is 0 Å². The summed E-state index contributed by atoms with van der Waals surface area (Å²) in [5.74, 6) is -0.398. The average Bonchev–Trinajstić information content (AvgIpc) is 2.51. The lowest BCUT2D eigenvalue weighted by Crippen LogP contribution is -2.01. The van der Waals surface area contributed by atoms with E-state index in [1.807, 2.05) is 0 Å². The van der Waals surface area contributed by atoms with Gasteiger partial charge in [-0.05, 0) is 6.42 Å². The second kappa shape index (κ2) is 21.1. The molecule has 0 heterocycles. The standard InChI is InChI=1S/C19H36O3.H3N/c1-2-3-4-5-6-7-8-9-10-11-12-13-14-15-16-17-19(21)22-18-20;/h18H,2-17H2,1H3;1H3. The molecule has 0 unspecified atom stereocenters. The highest BCUT2D eigenvalue weighted by Gasteiger charge is 2.01. The van der Waals surface area contributed by atoms with Crippen molar-refractivity contribution in [2.45, 2.75) is 110 Å². The molecule has 0 aliphatic rings. The molecule has 0 aromatic rings. The lowest BCUT2D eigenvalue weighted by Gasteiger charge is -2.03. The molecule has 0 aromatic carbocycles. The maximum atomic E-state index is 10.9. The zero-order valence-electron chi connectivity index (χ0n) is 15.3. The molecule has 4 heteroatoms. The Labute approximate surface area is 143 Å². The monoisotopic (exact) mass is 329 g/mol. The van der Waals surface area contributed by atoms with Crippen molar-refractivity contribution in [1.29, 1.82) is 0 Å². The van der Waals surface area contributed by atoms with E-state index in [4.69, 9.17) is 0 Å². The number of esters is 1. The van der Waals surface area contributed by atoms with Gasteiger partial charge in [0, 0.05) is 6.42 Å². The molecule has 0 saturated heterocycles. The molecule has 0 saturated carbocycles. The van der Waals surface area contributed by atoms with Crippen LogP contribution in [0.2, 0.25) is 0 Å². The van der Waals surface area contributed by atoms with Crippen LogP contribution in [0.3, 0.4) is 0 Å². The van der Waals surface area contributed by atoms with Crippen molar-refractivity contribution in [2.75, 3.05) is 0 Å². The zero-order chi connectivity index (χ0) is 16.3. The van der Waals surface area contributed by atoms with Gasteiger partial charge in [0.1, 0.15) is 0 Å². The van der Waals surface area contributed by atoms with Gasteiger partial charge in [0.05, 0.1) is 0 Å². The van der Waals surface area contributed by atoms with Crippen LogP contribution in [0.5, 0.6) is 0 Å². The van der Waals surface area contributed by atoms with Crippen LogP contribution in [0.1, 0.15) is 110 Å². The minimum absolute atomic E-state index is 0. The Morgan fingerprint density at radius 2 is 1.04 bits per heavy atom. The van der Waals surface area contributed by atoms with Gasteiger partial charge in [0.25, 0.3) is 0 Å². The minimum atomic E-state index is -0.398. The van der Waals surface area contributed by atoms with Crippen molar-refractivity contribution in [3.63, 3.8) is 0 Å². The molecule has 0 radical (unpaired) electrons. The smallest absolute Gasteiger partial charge is 0.313 e. The first-order valence-corrected chi connectivity index (χ1v) is 9.44. The first-order valence-electron chi connectivity index (χ1n) is 9.44. The van der Waals surface area contributed by atoms with Gasteiger partial charge in [-0.15, -0.1) is 0 Å². The summed E-state index contributed by atoms with van der Waals surface area (Å²) in [5.41, 5.74) is 0. The van der Waals surface area contributed by atoms with Crippen LogP contribution in [-0.2, 0) is 14.3 Å². The number of unbranched alkanes of at least 4 members (excludes halogenated alkanes) is 14. The van der Waals surface area contributed by atoms with Crippen molar-refractivity contribution in [1.82, 2.24) is 6.15 Å². The molecule has 0 aliphatic heterocycles. The number of rotatable bonds is 17. The molecule has 0 atom stereocenters. The molecule has 0 spiro atoms. The molecule has 3 N–H and O–H groups in total. The van der Waals surface area contributed by atoms with Gasteiger partial charge in [-0.1, -0.05) is 96.8 Å². The van der Waals surface area contributed by atoms with Crippen molar-refractivity contribution < 1.29 is 14.3 Å². The summed E-state index contributed by atoms with van der Waals surface area (Å²) in [7, 11) is 0. The predicted molar refractivity (Wildman–Crippen MR) is 96.7 cm³/mol. The maximum Gasteiger partial charge on any atom is 0.313 e. The highest BCUT2D eigenvalue weighted by molar-refractivity contribution is 5.76. The van der Waals surface area contributed by atoms with E-state index in [-0.39, 0.29) is 12.6 Å². The molecule has 0 rings (SSSR count). The predicted octanol–water partition coefficient (Wildman–Crippen LogP) is 6.11. The molecule has 23 heavy (non-hydrogen) atoms. The quantitative estimate of drug-likeness (QED) is 0.151. The van der Waals surface area contributed by atoms with E-state index >= 15 is 0 Å². The minimum Gasteiger partial charge on any atom is -0.395 e. The van der Waals surface area contributed by atoms with Crippen LogP contribution in [0, 0.1) is 0 Å². The van der Waals surface area contributed by atoms with Crippen LogP contribution in [-0.4, -0.2) is 12.4 Å². The van der Waals surface area contributed by atoms with Crippen molar-refractivity contribution in [3.8, 4) is 0 Å². The van der Waals surface area contributed by atoms with Crippen LogP contribution < -0.4 is 6.15 Å². The van der Waals surface area contributed by atoms with Gasteiger partial charge >= 0.3 is 12.4 Å². The van der Waals surface area contributed by atoms with Gasteiger partial charge in [-0.3, -0.25) is 9.59 Å². The third-order valence-electron chi connectivity index (χ3n) is 4.16. The summed E-state index contributed by atoms with van der Waals surface area (Å²) in [5, 5.41) is 0. The first-order chi connectivity index (χ1) is 10.8. The van der Waals surface area contributed by atoms with E-state index in [0.29, 0.717) is 6.42 Å². The van der Waals surface area contributed by atoms with E-state index in [1.165, 1.54) is 83.5 Å². The van der Waals surface area contributed by atoms with Crippen molar-refractivity contribution in [2.24, 2.45) is 0 Å². The van der Waals surface area contributed by atoms with Crippen LogP contribution in [0.15, 0.2) is 0 Å². The zero-order valence-corrected chi connectivity index (χ0v) is 15.3. The van der Waals surface area contributed by atoms with E-state index in [2.05, 4.69) is 11.7 Å². The summed E-state index contributed by atoms with van der Waals surface area (Å²) in [6.07, 6.45) is 20.0. The Balaban J connectivity index is 0. The van der Waals surface area contributed by atoms with E-state index in [9.17, 15) is 9.59 Å². The van der Waals surface area contributed by atoms with E-state index in [1.54, 1.807) is 0 Å². The highest BCUT2D eigenvalue weighted by atomic mass is 16.6. The third-order valence-corrected chi connectivity index (χ3v) is 4.16. The lowest BCUT2D eigenvalue weighted by molar-refractivity contribution is -0.151. The molecular formula is C19H39NO3. The number of carbonyl (C=O) groups excluding carboxylic acids is 2. The molecule has 138 valence electrons. The average molecular weight is 330 g/mol. The SMILES string of the molecule is CCCCCCCCCCCCCCCCCC(=O)OC=O.N. The molecule has 0 aromatic heterocycles. The summed E-state index contributed by atoms with van der Waals surface area (Å²) >= 11 is 0. The first kappa shape index (κ1) is 24.4. The van der Waals surface area contributed by atoms with Crippen LogP contribution >= 0.6 is 0 Å². The summed E-state index contributed by atoms with van der Waals surface area (Å²) in [4.78, 5) is 20.9. The Bertz CT molecular complexity index is 257. The molecule has 0 bridgehead atoms. The topological polar surface area (TPSA) is 78.4 Å². The van der Waals surface area contributed by atoms with E-state index in [0.717, 1.165) is 12.8 Å². The largest absolute Gasteiger partial charge is 0.395 e. The number of hydrogen-bond donors (Lipinski definition) is 1. The van der Waals surface area contributed by atoms with Crippen molar-refractivity contribution in [3.05, 3.63) is 0 Å². The van der Waals surface area contributed by atoms with E-state index < -0.39 is 5.97 Å². The fraction of sp³-hybridized carbons (Fsp3) is 0.895. The molecule has 0 amide bonds. The highest BCUT2D eigenvalue weighted by Crippen LogP contribution is 2.13. The summed E-state index contributed by atoms with van der Waals surface area (Å²) in [6.45, 7) is 2.48. The molecule has 4 nitrogen and oxygen atoms in total. The third kappa shape index (κ3) is 21.1. The Morgan fingerprint density at radius 1 is 0.696 bits per heavy atom. The molecule has 0 fully saturated rings. The Hall–Kier alpha value is -0.900. The number of carbonyl (C=O) groups is 2.